The first-order chi connectivity index (χ1) is 7.24. The molecule has 0 aliphatic rings. The maximum absolute atomic E-state index is 12.8. The zero-order valence-electron chi connectivity index (χ0n) is 7.31. The standard InChI is InChI=1S/C8H3F5O3/c9-3-1-4(10)6(5(11)2-3)16-8(12,13)7(14)15/h1-2H,(H,14,15). The molecule has 0 atom stereocenters. The van der Waals surface area contributed by atoms with Gasteiger partial charge in [-0.05, 0) is 0 Å². The highest BCUT2D eigenvalue weighted by Gasteiger charge is 2.43. The van der Waals surface area contributed by atoms with E-state index in [9.17, 15) is 26.7 Å². The Morgan fingerprint density at radius 2 is 1.62 bits per heavy atom. The molecule has 0 aliphatic carbocycles. The average molecular weight is 242 g/mol. The first-order valence-corrected chi connectivity index (χ1v) is 3.69. The van der Waals surface area contributed by atoms with Gasteiger partial charge in [0.2, 0.25) is 0 Å². The SMILES string of the molecule is O=C(O)C(F)(F)Oc1c(F)cc(F)cc1F. The second-order valence-electron chi connectivity index (χ2n) is 2.62. The summed E-state index contributed by atoms with van der Waals surface area (Å²) in [5.74, 6) is -9.26. The zero-order valence-corrected chi connectivity index (χ0v) is 7.31. The lowest BCUT2D eigenvalue weighted by Gasteiger charge is -2.14. The number of benzene rings is 1. The van der Waals surface area contributed by atoms with Crippen LogP contribution < -0.4 is 4.74 Å². The van der Waals surface area contributed by atoms with Gasteiger partial charge >= 0.3 is 12.1 Å². The maximum atomic E-state index is 12.8. The zero-order chi connectivity index (χ0) is 12.5. The topological polar surface area (TPSA) is 46.5 Å². The summed E-state index contributed by atoms with van der Waals surface area (Å²) in [5, 5.41) is 7.94. The fourth-order valence-corrected chi connectivity index (χ4v) is 0.798. The number of carboxylic acids is 1. The van der Waals surface area contributed by atoms with Crippen LogP contribution in [0.25, 0.3) is 0 Å². The number of carbonyl (C=O) groups is 1. The fraction of sp³-hybridized carbons (Fsp3) is 0.125. The third-order valence-electron chi connectivity index (χ3n) is 1.44. The van der Waals surface area contributed by atoms with Crippen LogP contribution in [-0.4, -0.2) is 17.2 Å². The number of rotatable bonds is 3. The van der Waals surface area contributed by atoms with Gasteiger partial charge in [-0.25, -0.2) is 18.0 Å². The molecule has 0 spiro atoms. The molecule has 3 nitrogen and oxygen atoms in total. The van der Waals surface area contributed by atoms with Crippen molar-refractivity contribution in [3.05, 3.63) is 29.6 Å². The molecule has 0 saturated heterocycles. The molecule has 1 aromatic carbocycles. The smallest absolute Gasteiger partial charge is 0.474 e. The van der Waals surface area contributed by atoms with Crippen LogP contribution in [0.4, 0.5) is 22.0 Å². The Kier molecular flexibility index (Phi) is 3.02. The van der Waals surface area contributed by atoms with Crippen molar-refractivity contribution in [2.45, 2.75) is 6.11 Å². The van der Waals surface area contributed by atoms with Crippen molar-refractivity contribution in [1.82, 2.24) is 0 Å². The Morgan fingerprint density at radius 1 is 1.19 bits per heavy atom. The van der Waals surface area contributed by atoms with Crippen molar-refractivity contribution in [1.29, 1.82) is 0 Å². The van der Waals surface area contributed by atoms with Crippen molar-refractivity contribution in [2.24, 2.45) is 0 Å². The molecular weight excluding hydrogens is 239 g/mol. The monoisotopic (exact) mass is 242 g/mol. The molecule has 16 heavy (non-hydrogen) atoms. The molecule has 0 radical (unpaired) electrons. The summed E-state index contributed by atoms with van der Waals surface area (Å²) in [6, 6.07) is 0.159. The Morgan fingerprint density at radius 3 is 2.00 bits per heavy atom. The summed E-state index contributed by atoms with van der Waals surface area (Å²) >= 11 is 0. The highest BCUT2D eigenvalue weighted by Crippen LogP contribution is 2.28. The lowest BCUT2D eigenvalue weighted by Crippen LogP contribution is -2.35. The largest absolute Gasteiger partial charge is 0.502 e. The number of carboxylic acid groups (broad SMARTS) is 1. The summed E-state index contributed by atoms with van der Waals surface area (Å²) < 4.78 is 66.1. The summed E-state index contributed by atoms with van der Waals surface area (Å²) in [6.07, 6.45) is -4.81. The van der Waals surface area contributed by atoms with Crippen molar-refractivity contribution in [3.8, 4) is 5.75 Å². The first-order valence-electron chi connectivity index (χ1n) is 3.69. The third-order valence-corrected chi connectivity index (χ3v) is 1.44. The van der Waals surface area contributed by atoms with Crippen LogP contribution in [-0.2, 0) is 4.79 Å². The van der Waals surface area contributed by atoms with Crippen LogP contribution in [0.15, 0.2) is 12.1 Å². The number of ether oxygens (including phenoxy) is 1. The highest BCUT2D eigenvalue weighted by atomic mass is 19.3. The Labute approximate surface area is 85.1 Å². The number of alkyl halides is 2. The highest BCUT2D eigenvalue weighted by molar-refractivity contribution is 5.73. The van der Waals surface area contributed by atoms with Crippen LogP contribution in [0.5, 0.6) is 5.75 Å². The lowest BCUT2D eigenvalue weighted by atomic mass is 10.3. The van der Waals surface area contributed by atoms with Crippen molar-refractivity contribution in [3.63, 3.8) is 0 Å². The van der Waals surface area contributed by atoms with E-state index in [0.717, 1.165) is 0 Å². The van der Waals surface area contributed by atoms with Crippen molar-refractivity contribution in [2.75, 3.05) is 0 Å². The van der Waals surface area contributed by atoms with Gasteiger partial charge in [0.1, 0.15) is 5.82 Å². The molecule has 0 saturated carbocycles. The molecule has 8 heteroatoms. The second-order valence-corrected chi connectivity index (χ2v) is 2.62. The maximum Gasteiger partial charge on any atom is 0.502 e. The van der Waals surface area contributed by atoms with Crippen LogP contribution >= 0.6 is 0 Å². The van der Waals surface area contributed by atoms with E-state index in [1.807, 2.05) is 0 Å². The van der Waals surface area contributed by atoms with Gasteiger partial charge in [-0.1, -0.05) is 0 Å². The minimum Gasteiger partial charge on any atom is -0.474 e. The number of aliphatic carboxylic acids is 1. The first kappa shape index (κ1) is 12.2. The van der Waals surface area contributed by atoms with Gasteiger partial charge < -0.3 is 9.84 Å². The Balaban J connectivity index is 3.11. The van der Waals surface area contributed by atoms with Crippen LogP contribution in [0, 0.1) is 17.5 Å². The molecule has 0 fully saturated rings. The Bertz CT molecular complexity index is 409. The van der Waals surface area contributed by atoms with Gasteiger partial charge in [0.15, 0.2) is 17.4 Å². The van der Waals surface area contributed by atoms with E-state index >= 15 is 0 Å². The average Bonchev–Trinajstić information content (AvgIpc) is 2.11. The minimum atomic E-state index is -4.81. The van der Waals surface area contributed by atoms with Crippen LogP contribution in [0.1, 0.15) is 0 Å². The van der Waals surface area contributed by atoms with E-state index in [1.54, 1.807) is 0 Å². The molecule has 1 N–H and O–H groups in total. The van der Waals surface area contributed by atoms with Gasteiger partial charge in [-0.3, -0.25) is 0 Å². The van der Waals surface area contributed by atoms with E-state index in [0.29, 0.717) is 0 Å². The predicted octanol–water partition coefficient (Wildman–Crippen LogP) is 2.16. The van der Waals surface area contributed by atoms with Crippen molar-refractivity contribution >= 4 is 5.97 Å². The number of hydrogen-bond acceptors (Lipinski definition) is 2. The van der Waals surface area contributed by atoms with Gasteiger partial charge in [0.05, 0.1) is 0 Å². The molecular formula is C8H3F5O3. The van der Waals surface area contributed by atoms with Gasteiger partial charge in [-0.2, -0.15) is 8.78 Å². The van der Waals surface area contributed by atoms with E-state index in [4.69, 9.17) is 5.11 Å². The van der Waals surface area contributed by atoms with E-state index in [2.05, 4.69) is 4.74 Å². The van der Waals surface area contributed by atoms with E-state index < -0.39 is 35.3 Å². The fourth-order valence-electron chi connectivity index (χ4n) is 0.798. The summed E-state index contributed by atoms with van der Waals surface area (Å²) in [6.45, 7) is 0. The summed E-state index contributed by atoms with van der Waals surface area (Å²) in [5.41, 5.74) is 0. The molecule has 0 heterocycles. The lowest BCUT2D eigenvalue weighted by molar-refractivity contribution is -0.212. The van der Waals surface area contributed by atoms with Gasteiger partial charge in [0.25, 0.3) is 0 Å². The minimum absolute atomic E-state index is 0.0797. The van der Waals surface area contributed by atoms with Crippen LogP contribution in [0.3, 0.4) is 0 Å². The second kappa shape index (κ2) is 3.95. The van der Waals surface area contributed by atoms with E-state index in [-0.39, 0.29) is 12.1 Å². The van der Waals surface area contributed by atoms with E-state index in [1.165, 1.54) is 0 Å². The molecule has 0 unspecified atom stereocenters. The Hall–Kier alpha value is -1.86. The molecule has 0 aliphatic heterocycles. The van der Waals surface area contributed by atoms with Gasteiger partial charge in [-0.15, -0.1) is 0 Å². The van der Waals surface area contributed by atoms with Gasteiger partial charge in [0, 0.05) is 12.1 Å². The molecule has 0 aromatic heterocycles. The molecule has 1 rings (SSSR count). The summed E-state index contributed by atoms with van der Waals surface area (Å²) in [4.78, 5) is 9.92. The van der Waals surface area contributed by atoms with Crippen LogP contribution in [0.2, 0.25) is 0 Å². The van der Waals surface area contributed by atoms with Crippen molar-refractivity contribution < 1.29 is 36.6 Å². The number of hydrogen-bond donors (Lipinski definition) is 1. The molecule has 1 aromatic rings. The molecule has 88 valence electrons. The quantitative estimate of drug-likeness (QED) is 0.826. The number of halogens is 5. The normalized spacial score (nSPS) is 11.3. The third kappa shape index (κ3) is 2.38. The predicted molar refractivity (Wildman–Crippen MR) is 39.5 cm³/mol. The molecule has 0 bridgehead atoms. The summed E-state index contributed by atoms with van der Waals surface area (Å²) in [7, 11) is 0. The molecule has 0 amide bonds.